The van der Waals surface area contributed by atoms with Crippen molar-refractivity contribution in [2.24, 2.45) is 5.92 Å². The van der Waals surface area contributed by atoms with E-state index in [1.807, 2.05) is 54.0 Å². The van der Waals surface area contributed by atoms with Crippen molar-refractivity contribution >= 4 is 36.4 Å². The van der Waals surface area contributed by atoms with E-state index in [0.29, 0.717) is 30.4 Å². The minimum absolute atomic E-state index is 0. The molecule has 8 heteroatoms. The van der Waals surface area contributed by atoms with E-state index in [-0.39, 0.29) is 30.7 Å². The van der Waals surface area contributed by atoms with Crippen molar-refractivity contribution in [2.45, 2.75) is 26.4 Å². The Bertz CT molecular complexity index is 971. The van der Waals surface area contributed by atoms with Crippen molar-refractivity contribution in [3.05, 3.63) is 65.6 Å². The predicted octanol–water partition coefficient (Wildman–Crippen LogP) is 3.79. The lowest BCUT2D eigenvalue weighted by Crippen LogP contribution is -2.26. The number of benzene rings is 1. The third-order valence-electron chi connectivity index (χ3n) is 5.24. The summed E-state index contributed by atoms with van der Waals surface area (Å²) in [5, 5.41) is 6.38. The third-order valence-corrected chi connectivity index (χ3v) is 5.24. The van der Waals surface area contributed by atoms with Crippen molar-refractivity contribution < 1.29 is 9.53 Å². The summed E-state index contributed by atoms with van der Waals surface area (Å²) >= 11 is 0. The van der Waals surface area contributed by atoms with E-state index < -0.39 is 0 Å². The first-order valence-electron chi connectivity index (χ1n) is 9.84. The van der Waals surface area contributed by atoms with Crippen LogP contribution in [0.1, 0.15) is 34.5 Å². The van der Waals surface area contributed by atoms with Gasteiger partial charge in [-0.1, -0.05) is 18.2 Å². The number of fused-ring (bicyclic) bond motifs is 1. The second kappa shape index (κ2) is 11.2. The average Bonchev–Trinajstić information content (AvgIpc) is 3.37. The number of pyridine rings is 1. The molecule has 2 N–H and O–H groups in total. The molecule has 0 saturated carbocycles. The van der Waals surface area contributed by atoms with Crippen LogP contribution in [-0.2, 0) is 6.61 Å². The zero-order valence-electron chi connectivity index (χ0n) is 17.0. The van der Waals surface area contributed by atoms with Crippen molar-refractivity contribution in [3.8, 4) is 5.75 Å². The molecule has 3 aromatic rings. The number of carbonyl (C=O) groups excluding carboxylic acids is 1. The van der Waals surface area contributed by atoms with Gasteiger partial charge in [0.2, 0.25) is 0 Å². The molecule has 0 radical (unpaired) electrons. The molecule has 162 valence electrons. The monoisotopic (exact) mass is 450 g/mol. The molecule has 0 aliphatic carbocycles. The molecule has 0 bridgehead atoms. The number of nitrogens with zero attached hydrogens (tertiary/aromatic N) is 2. The highest BCUT2D eigenvalue weighted by Gasteiger charge is 2.16. The van der Waals surface area contributed by atoms with Crippen molar-refractivity contribution in [1.29, 1.82) is 0 Å². The number of hydrogen-bond acceptors (Lipinski definition) is 4. The number of hydrogen-bond donors (Lipinski definition) is 2. The number of ether oxygens (including phenoxy) is 1. The molecule has 3 heterocycles. The van der Waals surface area contributed by atoms with E-state index in [1.165, 1.54) is 6.42 Å². The van der Waals surface area contributed by atoms with Gasteiger partial charge in [-0.15, -0.1) is 24.8 Å². The van der Waals surface area contributed by atoms with Crippen LogP contribution in [0.25, 0.3) is 5.65 Å². The third kappa shape index (κ3) is 5.65. The SMILES string of the molecule is Cc1cccn2cc(COc3ccccc3C(=O)NCCC3CCNC3)nc12.Cl.Cl. The molecule has 30 heavy (non-hydrogen) atoms. The van der Waals surface area contributed by atoms with E-state index >= 15 is 0 Å². The molecule has 1 aliphatic rings. The molecule has 1 saturated heterocycles. The zero-order chi connectivity index (χ0) is 19.3. The molecule has 6 nitrogen and oxygen atoms in total. The van der Waals surface area contributed by atoms with Crippen LogP contribution in [0, 0.1) is 12.8 Å². The van der Waals surface area contributed by atoms with Crippen LogP contribution < -0.4 is 15.4 Å². The predicted molar refractivity (Wildman–Crippen MR) is 123 cm³/mol. The normalized spacial score (nSPS) is 15.3. The van der Waals surface area contributed by atoms with Gasteiger partial charge in [-0.25, -0.2) is 4.98 Å². The van der Waals surface area contributed by atoms with Crippen molar-refractivity contribution in [1.82, 2.24) is 20.0 Å². The second-order valence-electron chi connectivity index (χ2n) is 7.34. The van der Waals surface area contributed by atoms with Crippen LogP contribution in [0.4, 0.5) is 0 Å². The minimum atomic E-state index is -0.0904. The molecule has 1 aliphatic heterocycles. The summed E-state index contributed by atoms with van der Waals surface area (Å²) in [5.41, 5.74) is 3.43. The first-order valence-corrected chi connectivity index (χ1v) is 9.84. The summed E-state index contributed by atoms with van der Waals surface area (Å²) in [6.07, 6.45) is 6.12. The fourth-order valence-corrected chi connectivity index (χ4v) is 3.65. The Labute approximate surface area is 189 Å². The lowest BCUT2D eigenvalue weighted by Gasteiger charge is -2.12. The summed E-state index contributed by atoms with van der Waals surface area (Å²) < 4.78 is 7.94. The minimum Gasteiger partial charge on any atom is -0.486 e. The molecular weight excluding hydrogens is 423 g/mol. The van der Waals surface area contributed by atoms with Crippen molar-refractivity contribution in [2.75, 3.05) is 19.6 Å². The first-order chi connectivity index (χ1) is 13.7. The van der Waals surface area contributed by atoms with E-state index in [9.17, 15) is 4.79 Å². The van der Waals surface area contributed by atoms with Gasteiger partial charge in [0, 0.05) is 18.9 Å². The number of rotatable bonds is 7. The average molecular weight is 451 g/mol. The maximum atomic E-state index is 12.6. The van der Waals surface area contributed by atoms with E-state index in [4.69, 9.17) is 4.74 Å². The Morgan fingerprint density at radius 3 is 2.87 bits per heavy atom. The van der Waals surface area contributed by atoms with Crippen LogP contribution in [0.2, 0.25) is 0 Å². The highest BCUT2D eigenvalue weighted by Crippen LogP contribution is 2.20. The Morgan fingerprint density at radius 1 is 1.27 bits per heavy atom. The van der Waals surface area contributed by atoms with Crippen LogP contribution >= 0.6 is 24.8 Å². The van der Waals surface area contributed by atoms with Crippen LogP contribution in [0.5, 0.6) is 5.75 Å². The smallest absolute Gasteiger partial charge is 0.255 e. The Balaban J connectivity index is 0.00000160. The number of halogens is 2. The molecule has 0 spiro atoms. The topological polar surface area (TPSA) is 67.7 Å². The van der Waals surface area contributed by atoms with E-state index in [2.05, 4.69) is 15.6 Å². The Kier molecular flexibility index (Phi) is 8.96. The van der Waals surface area contributed by atoms with E-state index in [1.54, 1.807) is 6.07 Å². The number of aryl methyl sites for hydroxylation is 1. The molecule has 1 unspecified atom stereocenters. The van der Waals surface area contributed by atoms with Gasteiger partial charge in [-0.3, -0.25) is 4.79 Å². The van der Waals surface area contributed by atoms with E-state index in [0.717, 1.165) is 36.4 Å². The van der Waals surface area contributed by atoms with Gasteiger partial charge in [0.1, 0.15) is 18.0 Å². The Hall–Kier alpha value is -2.28. The quantitative estimate of drug-likeness (QED) is 0.574. The summed E-state index contributed by atoms with van der Waals surface area (Å²) in [6, 6.07) is 11.4. The van der Waals surface area contributed by atoms with Gasteiger partial charge >= 0.3 is 0 Å². The lowest BCUT2D eigenvalue weighted by molar-refractivity contribution is 0.0947. The highest BCUT2D eigenvalue weighted by molar-refractivity contribution is 5.96. The molecule has 2 aromatic heterocycles. The summed E-state index contributed by atoms with van der Waals surface area (Å²) in [6.45, 7) is 5.17. The maximum Gasteiger partial charge on any atom is 0.255 e. The lowest BCUT2D eigenvalue weighted by atomic mass is 10.1. The summed E-state index contributed by atoms with van der Waals surface area (Å²) in [4.78, 5) is 17.2. The number of imidazole rings is 1. The largest absolute Gasteiger partial charge is 0.486 e. The number of amides is 1. The number of aromatic nitrogens is 2. The molecule has 1 aromatic carbocycles. The standard InChI is InChI=1S/C22H26N4O2.2ClH/c1-16-5-4-12-26-14-18(25-21(16)26)15-28-20-7-3-2-6-19(20)22(27)24-11-9-17-8-10-23-13-17;;/h2-7,12,14,17,23H,8-11,13,15H2,1H3,(H,24,27);2*1H. The van der Waals surface area contributed by atoms with Crippen LogP contribution in [-0.4, -0.2) is 34.9 Å². The molecule has 4 rings (SSSR count). The molecular formula is C22H28Cl2N4O2. The number of nitrogens with one attached hydrogen (secondary N) is 2. The molecule has 1 amide bonds. The highest BCUT2D eigenvalue weighted by atomic mass is 35.5. The van der Waals surface area contributed by atoms with Gasteiger partial charge in [0.25, 0.3) is 5.91 Å². The summed E-state index contributed by atoms with van der Waals surface area (Å²) in [5.74, 6) is 1.15. The Morgan fingerprint density at radius 2 is 2.10 bits per heavy atom. The van der Waals surface area contributed by atoms with Gasteiger partial charge in [-0.05, 0) is 62.5 Å². The fraction of sp³-hybridized carbons (Fsp3) is 0.364. The van der Waals surface area contributed by atoms with Gasteiger partial charge < -0.3 is 19.8 Å². The van der Waals surface area contributed by atoms with Gasteiger partial charge in [0.05, 0.1) is 11.3 Å². The van der Waals surface area contributed by atoms with Crippen LogP contribution in [0.15, 0.2) is 48.8 Å². The van der Waals surface area contributed by atoms with Crippen molar-refractivity contribution in [3.63, 3.8) is 0 Å². The fourth-order valence-electron chi connectivity index (χ4n) is 3.65. The maximum absolute atomic E-state index is 12.6. The first kappa shape index (κ1) is 24.0. The zero-order valence-corrected chi connectivity index (χ0v) is 18.6. The van der Waals surface area contributed by atoms with Crippen LogP contribution in [0.3, 0.4) is 0 Å². The summed E-state index contributed by atoms with van der Waals surface area (Å²) in [7, 11) is 0. The molecule has 1 atom stereocenters. The second-order valence-corrected chi connectivity index (χ2v) is 7.34. The molecule has 1 fully saturated rings. The number of para-hydroxylation sites is 1. The van der Waals surface area contributed by atoms with Gasteiger partial charge in [-0.2, -0.15) is 0 Å². The van der Waals surface area contributed by atoms with Gasteiger partial charge in [0.15, 0.2) is 0 Å². The number of carbonyl (C=O) groups is 1.